The van der Waals surface area contributed by atoms with Crippen LogP contribution in [0.25, 0.3) is 0 Å². The van der Waals surface area contributed by atoms with Crippen molar-refractivity contribution in [3.8, 4) is 5.75 Å². The molecule has 5 heteroatoms. The van der Waals surface area contributed by atoms with Crippen LogP contribution in [0.5, 0.6) is 5.75 Å². The summed E-state index contributed by atoms with van der Waals surface area (Å²) in [5, 5.41) is 8.43. The first-order chi connectivity index (χ1) is 8.11. The largest absolute Gasteiger partial charge is 0.494 e. The molecule has 0 aliphatic heterocycles. The van der Waals surface area contributed by atoms with Crippen LogP contribution < -0.4 is 4.74 Å². The molecule has 0 saturated carbocycles. The molecule has 1 aromatic carbocycles. The van der Waals surface area contributed by atoms with Crippen LogP contribution >= 0.6 is 11.8 Å². The van der Waals surface area contributed by atoms with Crippen LogP contribution in [0.2, 0.25) is 0 Å². The van der Waals surface area contributed by atoms with Gasteiger partial charge in [-0.25, -0.2) is 0 Å². The van der Waals surface area contributed by atoms with E-state index in [0.717, 1.165) is 10.6 Å². The zero-order chi connectivity index (χ0) is 12.7. The number of ether oxygens (including phenoxy) is 1. The van der Waals surface area contributed by atoms with Crippen molar-refractivity contribution in [1.82, 2.24) is 0 Å². The smallest absolute Gasteiger partial charge is 0.310 e. The Morgan fingerprint density at radius 3 is 2.47 bits per heavy atom. The van der Waals surface area contributed by atoms with Crippen molar-refractivity contribution in [2.75, 3.05) is 12.4 Å². The predicted octanol–water partition coefficient (Wildman–Crippen LogP) is 2.22. The van der Waals surface area contributed by atoms with Crippen molar-refractivity contribution in [2.24, 2.45) is 0 Å². The van der Waals surface area contributed by atoms with Gasteiger partial charge in [-0.05, 0) is 31.2 Å². The normalized spacial score (nSPS) is 9.94. The lowest BCUT2D eigenvalue weighted by Gasteiger charge is -2.04. The molecule has 0 amide bonds. The van der Waals surface area contributed by atoms with Crippen LogP contribution in [0, 0.1) is 0 Å². The van der Waals surface area contributed by atoms with Gasteiger partial charge in [-0.15, -0.1) is 11.8 Å². The SMILES string of the molecule is CCOc1ccc(SCC(=O)CC(=O)O)cc1. The molecule has 0 saturated heterocycles. The molecule has 17 heavy (non-hydrogen) atoms. The lowest BCUT2D eigenvalue weighted by atomic mass is 10.3. The van der Waals surface area contributed by atoms with E-state index in [1.807, 2.05) is 31.2 Å². The quantitative estimate of drug-likeness (QED) is 0.597. The van der Waals surface area contributed by atoms with Gasteiger partial charge in [0.1, 0.15) is 12.2 Å². The molecule has 0 spiro atoms. The summed E-state index contributed by atoms with van der Waals surface area (Å²) in [5.41, 5.74) is 0. The highest BCUT2D eigenvalue weighted by Crippen LogP contribution is 2.21. The third-order valence-corrected chi connectivity index (χ3v) is 2.95. The minimum atomic E-state index is -1.08. The molecule has 0 aliphatic rings. The molecule has 0 bridgehead atoms. The first-order valence-corrected chi connectivity index (χ1v) is 6.19. The van der Waals surface area contributed by atoms with E-state index in [1.54, 1.807) is 0 Å². The second-order valence-electron chi connectivity index (χ2n) is 3.30. The van der Waals surface area contributed by atoms with Gasteiger partial charge in [-0.3, -0.25) is 9.59 Å². The Hall–Kier alpha value is -1.49. The monoisotopic (exact) mass is 254 g/mol. The fraction of sp³-hybridized carbons (Fsp3) is 0.333. The van der Waals surface area contributed by atoms with Gasteiger partial charge in [-0.1, -0.05) is 0 Å². The Kier molecular flexibility index (Phi) is 5.56. The van der Waals surface area contributed by atoms with Crippen LogP contribution in [-0.4, -0.2) is 29.2 Å². The maximum atomic E-state index is 11.2. The molecule has 0 aliphatic carbocycles. The molecular formula is C12H14O4S. The number of carboxylic acids is 1. The van der Waals surface area contributed by atoms with Crippen molar-refractivity contribution in [3.05, 3.63) is 24.3 Å². The molecule has 0 aromatic heterocycles. The van der Waals surface area contributed by atoms with Crippen LogP contribution in [0.3, 0.4) is 0 Å². The topological polar surface area (TPSA) is 63.6 Å². The van der Waals surface area contributed by atoms with Crippen LogP contribution in [0.4, 0.5) is 0 Å². The third-order valence-electron chi connectivity index (χ3n) is 1.88. The Morgan fingerprint density at radius 1 is 1.29 bits per heavy atom. The number of ketones is 1. The maximum Gasteiger partial charge on any atom is 0.310 e. The average Bonchev–Trinajstić information content (AvgIpc) is 2.28. The lowest BCUT2D eigenvalue weighted by molar-refractivity contribution is -0.139. The van der Waals surface area contributed by atoms with Gasteiger partial charge in [0, 0.05) is 4.90 Å². The number of thioether (sulfide) groups is 1. The maximum absolute atomic E-state index is 11.2. The van der Waals surface area contributed by atoms with Gasteiger partial charge in [0.05, 0.1) is 12.4 Å². The first-order valence-electron chi connectivity index (χ1n) is 5.21. The molecule has 0 heterocycles. The molecule has 0 unspecified atom stereocenters. The van der Waals surface area contributed by atoms with Crippen molar-refractivity contribution < 1.29 is 19.4 Å². The summed E-state index contributed by atoms with van der Waals surface area (Å²) in [4.78, 5) is 22.4. The summed E-state index contributed by atoms with van der Waals surface area (Å²) in [5.74, 6) is -0.396. The molecule has 92 valence electrons. The molecule has 0 fully saturated rings. The summed E-state index contributed by atoms with van der Waals surface area (Å²) >= 11 is 1.33. The van der Waals surface area contributed by atoms with Gasteiger partial charge >= 0.3 is 5.97 Å². The van der Waals surface area contributed by atoms with E-state index in [2.05, 4.69) is 0 Å². The van der Waals surface area contributed by atoms with Crippen molar-refractivity contribution >= 4 is 23.5 Å². The molecule has 1 N–H and O–H groups in total. The zero-order valence-corrected chi connectivity index (χ0v) is 10.3. The van der Waals surface area contributed by atoms with Gasteiger partial charge < -0.3 is 9.84 Å². The number of carbonyl (C=O) groups excluding carboxylic acids is 1. The Labute approximate surface area is 104 Å². The van der Waals surface area contributed by atoms with E-state index in [0.29, 0.717) is 6.61 Å². The fourth-order valence-electron chi connectivity index (χ4n) is 1.18. The number of carbonyl (C=O) groups is 2. The fourth-order valence-corrected chi connectivity index (χ4v) is 1.94. The standard InChI is InChI=1S/C12H14O4S/c1-2-16-10-3-5-11(6-4-10)17-8-9(13)7-12(14)15/h3-6H,2,7-8H2,1H3,(H,14,15). The number of aliphatic carboxylic acids is 1. The highest BCUT2D eigenvalue weighted by Gasteiger charge is 2.08. The van der Waals surface area contributed by atoms with Gasteiger partial charge in [0.25, 0.3) is 0 Å². The van der Waals surface area contributed by atoms with Crippen LogP contribution in [0.15, 0.2) is 29.2 Å². The lowest BCUT2D eigenvalue weighted by Crippen LogP contribution is -2.08. The summed E-state index contributed by atoms with van der Waals surface area (Å²) < 4.78 is 5.29. The molecule has 4 nitrogen and oxygen atoms in total. The summed E-state index contributed by atoms with van der Waals surface area (Å²) in [6, 6.07) is 7.36. The molecule has 0 atom stereocenters. The number of rotatable bonds is 7. The number of Topliss-reactive ketones (excluding diaryl/α,β-unsaturated/α-hetero) is 1. The van der Waals surface area contributed by atoms with Gasteiger partial charge in [0.2, 0.25) is 0 Å². The summed E-state index contributed by atoms with van der Waals surface area (Å²) in [6.45, 7) is 2.52. The minimum Gasteiger partial charge on any atom is -0.494 e. The number of carboxylic acid groups (broad SMARTS) is 1. The van der Waals surface area contributed by atoms with Gasteiger partial charge in [0.15, 0.2) is 5.78 Å². The highest BCUT2D eigenvalue weighted by molar-refractivity contribution is 8.00. The Morgan fingerprint density at radius 2 is 1.94 bits per heavy atom. The van der Waals surface area contributed by atoms with Crippen LogP contribution in [0.1, 0.15) is 13.3 Å². The average molecular weight is 254 g/mol. The molecular weight excluding hydrogens is 240 g/mol. The Bertz CT molecular complexity index is 386. The van der Waals surface area contributed by atoms with Gasteiger partial charge in [-0.2, -0.15) is 0 Å². The van der Waals surface area contributed by atoms with Crippen LogP contribution in [-0.2, 0) is 9.59 Å². The number of hydrogen-bond acceptors (Lipinski definition) is 4. The highest BCUT2D eigenvalue weighted by atomic mass is 32.2. The summed E-state index contributed by atoms with van der Waals surface area (Å²) in [6.07, 6.45) is -0.413. The van der Waals surface area contributed by atoms with Crippen molar-refractivity contribution in [1.29, 1.82) is 0 Å². The van der Waals surface area contributed by atoms with E-state index < -0.39 is 12.4 Å². The third kappa shape index (κ3) is 5.40. The van der Waals surface area contributed by atoms with Crippen molar-refractivity contribution in [2.45, 2.75) is 18.2 Å². The van der Waals surface area contributed by atoms with E-state index in [1.165, 1.54) is 11.8 Å². The van der Waals surface area contributed by atoms with E-state index in [9.17, 15) is 9.59 Å². The summed E-state index contributed by atoms with van der Waals surface area (Å²) in [7, 11) is 0. The second kappa shape index (κ2) is 6.96. The van der Waals surface area contributed by atoms with E-state index in [4.69, 9.17) is 9.84 Å². The van der Waals surface area contributed by atoms with Crippen molar-refractivity contribution in [3.63, 3.8) is 0 Å². The molecule has 1 rings (SSSR count). The number of hydrogen-bond donors (Lipinski definition) is 1. The first kappa shape index (κ1) is 13.6. The zero-order valence-electron chi connectivity index (χ0n) is 9.51. The minimum absolute atomic E-state index is 0.181. The number of benzene rings is 1. The Balaban J connectivity index is 2.41. The molecule has 0 radical (unpaired) electrons. The van der Waals surface area contributed by atoms with E-state index >= 15 is 0 Å². The molecule has 1 aromatic rings. The second-order valence-corrected chi connectivity index (χ2v) is 4.35. The van der Waals surface area contributed by atoms with E-state index in [-0.39, 0.29) is 11.5 Å². The predicted molar refractivity (Wildman–Crippen MR) is 65.6 cm³/mol.